The summed E-state index contributed by atoms with van der Waals surface area (Å²) in [7, 11) is 0. The third-order valence-electron chi connectivity index (χ3n) is 2.95. The number of hydrogen-bond acceptors (Lipinski definition) is 5. The molecule has 116 valence electrons. The van der Waals surface area contributed by atoms with E-state index in [2.05, 4.69) is 5.32 Å². The number of rotatable bonds is 5. The Labute approximate surface area is 130 Å². The molecule has 0 atom stereocenters. The number of hydrogen-bond donors (Lipinski definition) is 2. The van der Waals surface area contributed by atoms with E-state index in [1.807, 2.05) is 0 Å². The number of non-ortho nitro benzene ring substituents is 2. The summed E-state index contributed by atoms with van der Waals surface area (Å²) in [5.41, 5.74) is 1.01. The van der Waals surface area contributed by atoms with Gasteiger partial charge in [-0.2, -0.15) is 0 Å². The summed E-state index contributed by atoms with van der Waals surface area (Å²) < 4.78 is 0. The van der Waals surface area contributed by atoms with Crippen LogP contribution in [-0.2, 0) is 0 Å². The molecule has 0 unspecified atom stereocenters. The predicted molar refractivity (Wildman–Crippen MR) is 85.2 cm³/mol. The van der Waals surface area contributed by atoms with Gasteiger partial charge in [-0.15, -0.1) is 0 Å². The van der Waals surface area contributed by atoms with E-state index in [-0.39, 0.29) is 17.2 Å². The normalized spacial score (nSPS) is 10.4. The number of amidine groups is 1. The number of nitrogens with zero attached hydrogens (tertiary/aromatic N) is 2. The van der Waals surface area contributed by atoms with Crippen LogP contribution in [0.5, 0.6) is 0 Å². The van der Waals surface area contributed by atoms with Crippen LogP contribution in [0, 0.1) is 25.6 Å². The van der Waals surface area contributed by atoms with Crippen LogP contribution in [0.1, 0.15) is 11.1 Å². The molecule has 0 saturated heterocycles. The first-order valence-corrected chi connectivity index (χ1v) is 6.48. The minimum absolute atomic E-state index is 0.000512. The van der Waals surface area contributed by atoms with Gasteiger partial charge >= 0.3 is 0 Å². The van der Waals surface area contributed by atoms with Gasteiger partial charge in [-0.3, -0.25) is 25.6 Å². The SMILES string of the molecule is N=C(N/C=C/c1ccc([N+](=O)[O-])cc1)c1cccc([N+](=O)[O-])c1. The van der Waals surface area contributed by atoms with Gasteiger partial charge in [-0.05, 0) is 23.8 Å². The van der Waals surface area contributed by atoms with E-state index in [4.69, 9.17) is 5.41 Å². The molecule has 0 aliphatic carbocycles. The molecule has 0 amide bonds. The average Bonchev–Trinajstić information content (AvgIpc) is 2.55. The summed E-state index contributed by atoms with van der Waals surface area (Å²) in [4.78, 5) is 20.2. The summed E-state index contributed by atoms with van der Waals surface area (Å²) in [6, 6.07) is 11.7. The fourth-order valence-corrected chi connectivity index (χ4v) is 1.79. The van der Waals surface area contributed by atoms with Crippen LogP contribution in [0.3, 0.4) is 0 Å². The van der Waals surface area contributed by atoms with E-state index in [1.165, 1.54) is 36.5 Å². The topological polar surface area (TPSA) is 122 Å². The Hall–Kier alpha value is -3.55. The molecule has 2 aromatic rings. The maximum absolute atomic E-state index is 10.7. The zero-order chi connectivity index (χ0) is 16.8. The quantitative estimate of drug-likeness (QED) is 0.380. The van der Waals surface area contributed by atoms with E-state index >= 15 is 0 Å². The Balaban J connectivity index is 2.02. The molecule has 2 N–H and O–H groups in total. The second-order valence-corrected chi connectivity index (χ2v) is 4.51. The Kier molecular flexibility index (Phi) is 4.78. The van der Waals surface area contributed by atoms with Gasteiger partial charge in [0, 0.05) is 36.0 Å². The molecule has 0 fully saturated rings. The fraction of sp³-hybridized carbons (Fsp3) is 0. The molecule has 8 nitrogen and oxygen atoms in total. The van der Waals surface area contributed by atoms with Crippen LogP contribution < -0.4 is 5.32 Å². The van der Waals surface area contributed by atoms with E-state index in [1.54, 1.807) is 24.3 Å². The van der Waals surface area contributed by atoms with E-state index in [9.17, 15) is 20.2 Å². The van der Waals surface area contributed by atoms with Gasteiger partial charge in [-0.1, -0.05) is 12.1 Å². The standard InChI is InChI=1S/C15H12N4O4/c16-15(12-2-1-3-14(10-12)19(22)23)17-9-8-11-4-6-13(7-5-11)18(20)21/h1-10H,(H2,16,17)/b9-8+. The minimum Gasteiger partial charge on any atom is -0.347 e. The monoisotopic (exact) mass is 312 g/mol. The summed E-state index contributed by atoms with van der Waals surface area (Å²) in [5.74, 6) is 0.00635. The predicted octanol–water partition coefficient (Wildman–Crippen LogP) is 3.09. The van der Waals surface area contributed by atoms with Crippen molar-refractivity contribution in [2.45, 2.75) is 0 Å². The van der Waals surface area contributed by atoms with Crippen LogP contribution in [0.2, 0.25) is 0 Å². The first kappa shape index (κ1) is 15.8. The molecule has 0 saturated carbocycles. The number of nitrogens with one attached hydrogen (secondary N) is 2. The molecular weight excluding hydrogens is 300 g/mol. The van der Waals surface area contributed by atoms with Crippen molar-refractivity contribution < 1.29 is 9.85 Å². The van der Waals surface area contributed by atoms with Crippen molar-refractivity contribution in [3.63, 3.8) is 0 Å². The third-order valence-corrected chi connectivity index (χ3v) is 2.95. The summed E-state index contributed by atoms with van der Waals surface area (Å²) in [5, 5.41) is 31.8. The van der Waals surface area contributed by atoms with Gasteiger partial charge in [0.15, 0.2) is 0 Å². The van der Waals surface area contributed by atoms with Crippen molar-refractivity contribution in [1.82, 2.24) is 5.32 Å². The summed E-state index contributed by atoms with van der Waals surface area (Å²) in [6.07, 6.45) is 3.12. The van der Waals surface area contributed by atoms with Gasteiger partial charge in [-0.25, -0.2) is 0 Å². The van der Waals surface area contributed by atoms with Crippen molar-refractivity contribution in [2.24, 2.45) is 0 Å². The lowest BCUT2D eigenvalue weighted by Crippen LogP contribution is -2.17. The largest absolute Gasteiger partial charge is 0.347 e. The highest BCUT2D eigenvalue weighted by Gasteiger charge is 2.08. The Bertz CT molecular complexity index is 784. The molecule has 23 heavy (non-hydrogen) atoms. The highest BCUT2D eigenvalue weighted by Crippen LogP contribution is 2.14. The third kappa shape index (κ3) is 4.21. The van der Waals surface area contributed by atoms with Gasteiger partial charge in [0.05, 0.1) is 9.85 Å². The number of nitro groups is 2. The second kappa shape index (κ2) is 6.94. The smallest absolute Gasteiger partial charge is 0.270 e. The van der Waals surface area contributed by atoms with E-state index in [0.717, 1.165) is 5.56 Å². The molecule has 0 aliphatic heterocycles. The lowest BCUT2D eigenvalue weighted by molar-refractivity contribution is -0.385. The number of nitro benzene ring substituents is 2. The van der Waals surface area contributed by atoms with Gasteiger partial charge in [0.1, 0.15) is 5.84 Å². The Morgan fingerprint density at radius 2 is 1.65 bits per heavy atom. The molecule has 2 rings (SSSR count). The molecule has 0 aromatic heterocycles. The Morgan fingerprint density at radius 3 is 2.26 bits per heavy atom. The molecule has 0 aliphatic rings. The van der Waals surface area contributed by atoms with Crippen LogP contribution in [0.15, 0.2) is 54.7 Å². The molecule has 0 bridgehead atoms. The molecule has 8 heteroatoms. The van der Waals surface area contributed by atoms with Crippen LogP contribution in [-0.4, -0.2) is 15.7 Å². The van der Waals surface area contributed by atoms with Crippen molar-refractivity contribution in [3.8, 4) is 0 Å². The van der Waals surface area contributed by atoms with Crippen LogP contribution in [0.25, 0.3) is 6.08 Å². The summed E-state index contributed by atoms with van der Waals surface area (Å²) in [6.45, 7) is 0. The van der Waals surface area contributed by atoms with Gasteiger partial charge < -0.3 is 5.32 Å². The molecule has 0 spiro atoms. The molecule has 0 heterocycles. The zero-order valence-corrected chi connectivity index (χ0v) is 11.8. The van der Waals surface area contributed by atoms with E-state index < -0.39 is 9.85 Å². The first-order chi connectivity index (χ1) is 11.0. The van der Waals surface area contributed by atoms with Crippen molar-refractivity contribution in [2.75, 3.05) is 0 Å². The minimum atomic E-state index is -0.524. The molecular formula is C15H12N4O4. The molecule has 2 aromatic carbocycles. The lowest BCUT2D eigenvalue weighted by atomic mass is 10.2. The second-order valence-electron chi connectivity index (χ2n) is 4.51. The average molecular weight is 312 g/mol. The van der Waals surface area contributed by atoms with Crippen molar-refractivity contribution >= 4 is 23.3 Å². The maximum Gasteiger partial charge on any atom is 0.270 e. The first-order valence-electron chi connectivity index (χ1n) is 6.48. The fourth-order valence-electron chi connectivity index (χ4n) is 1.79. The Morgan fingerprint density at radius 1 is 1.00 bits per heavy atom. The van der Waals surface area contributed by atoms with Gasteiger partial charge in [0.25, 0.3) is 11.4 Å². The van der Waals surface area contributed by atoms with E-state index in [0.29, 0.717) is 5.56 Å². The highest BCUT2D eigenvalue weighted by molar-refractivity contribution is 5.97. The molecule has 0 radical (unpaired) electrons. The van der Waals surface area contributed by atoms with Crippen molar-refractivity contribution in [1.29, 1.82) is 5.41 Å². The van der Waals surface area contributed by atoms with Gasteiger partial charge in [0.2, 0.25) is 0 Å². The maximum atomic E-state index is 10.7. The highest BCUT2D eigenvalue weighted by atomic mass is 16.6. The summed E-state index contributed by atoms with van der Waals surface area (Å²) >= 11 is 0. The van der Waals surface area contributed by atoms with Crippen LogP contribution in [0.4, 0.5) is 11.4 Å². The number of benzene rings is 2. The lowest BCUT2D eigenvalue weighted by Gasteiger charge is -2.03. The van der Waals surface area contributed by atoms with Crippen LogP contribution >= 0.6 is 0 Å². The zero-order valence-electron chi connectivity index (χ0n) is 11.8. The van der Waals surface area contributed by atoms with Crippen molar-refractivity contribution in [3.05, 3.63) is 86.1 Å².